The van der Waals surface area contributed by atoms with Crippen LogP contribution < -0.4 is 15.0 Å². The van der Waals surface area contributed by atoms with E-state index in [1.165, 1.54) is 4.90 Å². The molecule has 0 radical (unpaired) electrons. The quantitative estimate of drug-likeness (QED) is 0.824. The molecule has 0 spiro atoms. The number of para-hydroxylation sites is 2. The van der Waals surface area contributed by atoms with Crippen LogP contribution in [0.5, 0.6) is 5.75 Å². The average molecular weight is 409 g/mol. The van der Waals surface area contributed by atoms with E-state index in [9.17, 15) is 14.4 Å². The van der Waals surface area contributed by atoms with E-state index in [2.05, 4.69) is 5.32 Å². The standard InChI is InChI=1S/C23H27N3O4/c1-15-9-16(2)11-18(10-15)30-14-23(29)25(4)13-22(28)26-17(3)12-21(27)24-19-7-5-6-8-20(19)26/h5-11,17H,12-14H2,1-4H3,(H,24,27). The summed E-state index contributed by atoms with van der Waals surface area (Å²) < 4.78 is 5.62. The first-order valence-corrected chi connectivity index (χ1v) is 9.90. The third kappa shape index (κ3) is 4.97. The number of nitrogens with one attached hydrogen (secondary N) is 1. The van der Waals surface area contributed by atoms with Crippen LogP contribution in [0.4, 0.5) is 11.4 Å². The van der Waals surface area contributed by atoms with Gasteiger partial charge in [-0.2, -0.15) is 0 Å². The lowest BCUT2D eigenvalue weighted by molar-refractivity contribution is -0.135. The van der Waals surface area contributed by atoms with Crippen molar-refractivity contribution in [3.05, 3.63) is 53.6 Å². The van der Waals surface area contributed by atoms with Gasteiger partial charge in [0.25, 0.3) is 5.91 Å². The molecule has 3 amide bonds. The van der Waals surface area contributed by atoms with Crippen LogP contribution in [0.3, 0.4) is 0 Å². The van der Waals surface area contributed by atoms with Gasteiger partial charge in [-0.1, -0.05) is 18.2 Å². The van der Waals surface area contributed by atoms with Crippen LogP contribution in [0.25, 0.3) is 0 Å². The molecule has 2 aromatic rings. The first kappa shape index (κ1) is 21.4. The van der Waals surface area contributed by atoms with E-state index >= 15 is 0 Å². The van der Waals surface area contributed by atoms with Gasteiger partial charge in [0.1, 0.15) is 5.75 Å². The van der Waals surface area contributed by atoms with Gasteiger partial charge in [-0.15, -0.1) is 0 Å². The maximum absolute atomic E-state index is 13.1. The van der Waals surface area contributed by atoms with E-state index < -0.39 is 0 Å². The number of nitrogens with zero attached hydrogens (tertiary/aromatic N) is 2. The Balaban J connectivity index is 1.67. The molecule has 0 aliphatic carbocycles. The van der Waals surface area contributed by atoms with Crippen molar-refractivity contribution in [3.8, 4) is 5.75 Å². The SMILES string of the molecule is Cc1cc(C)cc(OCC(=O)N(C)CC(=O)N2c3ccccc3NC(=O)CC2C)c1. The Morgan fingerprint density at radius 3 is 2.53 bits per heavy atom. The van der Waals surface area contributed by atoms with Crippen LogP contribution in [-0.2, 0) is 14.4 Å². The highest BCUT2D eigenvalue weighted by atomic mass is 16.5. The van der Waals surface area contributed by atoms with Gasteiger partial charge in [0.15, 0.2) is 6.61 Å². The van der Waals surface area contributed by atoms with Crippen LogP contribution in [-0.4, -0.2) is 48.9 Å². The second-order valence-corrected chi connectivity index (χ2v) is 7.74. The van der Waals surface area contributed by atoms with Crippen molar-refractivity contribution in [3.63, 3.8) is 0 Å². The number of rotatable bonds is 5. The van der Waals surface area contributed by atoms with E-state index in [4.69, 9.17) is 4.74 Å². The molecule has 1 unspecified atom stereocenters. The molecule has 0 bridgehead atoms. The number of hydrogen-bond donors (Lipinski definition) is 1. The second-order valence-electron chi connectivity index (χ2n) is 7.74. The number of benzene rings is 2. The minimum atomic E-state index is -0.323. The third-order valence-corrected chi connectivity index (χ3v) is 4.98. The van der Waals surface area contributed by atoms with E-state index in [0.717, 1.165) is 11.1 Å². The smallest absolute Gasteiger partial charge is 0.260 e. The highest BCUT2D eigenvalue weighted by Crippen LogP contribution is 2.31. The first-order chi connectivity index (χ1) is 14.2. The number of amides is 3. The molecule has 0 saturated carbocycles. The molecule has 1 atom stereocenters. The summed E-state index contributed by atoms with van der Waals surface area (Å²) in [6.07, 6.45) is 0.188. The molecule has 1 N–H and O–H groups in total. The molecular weight excluding hydrogens is 382 g/mol. The van der Waals surface area contributed by atoms with Crippen molar-refractivity contribution in [1.29, 1.82) is 0 Å². The van der Waals surface area contributed by atoms with Crippen molar-refractivity contribution >= 4 is 29.1 Å². The number of ether oxygens (including phenoxy) is 1. The summed E-state index contributed by atoms with van der Waals surface area (Å²) in [6, 6.07) is 12.6. The molecule has 0 fully saturated rings. The number of likely N-dealkylation sites (N-methyl/N-ethyl adjacent to an activating group) is 1. The highest BCUT2D eigenvalue weighted by Gasteiger charge is 2.30. The summed E-state index contributed by atoms with van der Waals surface area (Å²) in [7, 11) is 1.57. The van der Waals surface area contributed by atoms with Crippen molar-refractivity contribution in [2.45, 2.75) is 33.2 Å². The third-order valence-electron chi connectivity index (χ3n) is 4.98. The number of carbonyl (C=O) groups excluding carboxylic acids is 3. The van der Waals surface area contributed by atoms with Crippen molar-refractivity contribution < 1.29 is 19.1 Å². The lowest BCUT2D eigenvalue weighted by atomic mass is 10.1. The Hall–Kier alpha value is -3.35. The maximum Gasteiger partial charge on any atom is 0.260 e. The number of aryl methyl sites for hydroxylation is 2. The summed E-state index contributed by atoms with van der Waals surface area (Å²) in [4.78, 5) is 40.6. The lowest BCUT2D eigenvalue weighted by Gasteiger charge is -2.29. The molecule has 2 aromatic carbocycles. The Morgan fingerprint density at radius 1 is 1.17 bits per heavy atom. The summed E-state index contributed by atoms with van der Waals surface area (Å²) >= 11 is 0. The Bertz CT molecular complexity index is 952. The van der Waals surface area contributed by atoms with Crippen molar-refractivity contribution in [2.24, 2.45) is 0 Å². The largest absolute Gasteiger partial charge is 0.484 e. The summed E-state index contributed by atoms with van der Waals surface area (Å²) in [5.74, 6) is -0.0714. The molecule has 1 aliphatic heterocycles. The zero-order chi connectivity index (χ0) is 21.8. The fraction of sp³-hybridized carbons (Fsp3) is 0.348. The Kier molecular flexibility index (Phi) is 6.40. The molecule has 7 nitrogen and oxygen atoms in total. The molecule has 1 aliphatic rings. The lowest BCUT2D eigenvalue weighted by Crippen LogP contribution is -2.46. The minimum absolute atomic E-state index is 0.109. The molecule has 0 saturated heterocycles. The minimum Gasteiger partial charge on any atom is -0.484 e. The van der Waals surface area contributed by atoms with Gasteiger partial charge in [0, 0.05) is 19.5 Å². The maximum atomic E-state index is 13.1. The van der Waals surface area contributed by atoms with Gasteiger partial charge in [-0.05, 0) is 56.2 Å². The topological polar surface area (TPSA) is 79.0 Å². The molecule has 158 valence electrons. The molecule has 0 aromatic heterocycles. The van der Waals surface area contributed by atoms with Crippen molar-refractivity contribution in [1.82, 2.24) is 4.90 Å². The van der Waals surface area contributed by atoms with E-state index in [1.54, 1.807) is 30.1 Å². The normalized spacial score (nSPS) is 15.7. The zero-order valence-electron chi connectivity index (χ0n) is 17.8. The van der Waals surface area contributed by atoms with Gasteiger partial charge in [-0.3, -0.25) is 14.4 Å². The van der Waals surface area contributed by atoms with Gasteiger partial charge in [0.2, 0.25) is 11.8 Å². The Morgan fingerprint density at radius 2 is 1.83 bits per heavy atom. The second kappa shape index (κ2) is 8.98. The summed E-state index contributed by atoms with van der Waals surface area (Å²) in [5, 5.41) is 2.83. The van der Waals surface area contributed by atoms with E-state index in [0.29, 0.717) is 17.1 Å². The van der Waals surface area contributed by atoms with Gasteiger partial charge in [-0.25, -0.2) is 0 Å². The monoisotopic (exact) mass is 409 g/mol. The predicted octanol–water partition coefficient (Wildman–Crippen LogP) is 2.90. The average Bonchev–Trinajstić information content (AvgIpc) is 2.79. The summed E-state index contributed by atoms with van der Waals surface area (Å²) in [5.41, 5.74) is 3.33. The highest BCUT2D eigenvalue weighted by molar-refractivity contribution is 6.05. The molecule has 30 heavy (non-hydrogen) atoms. The number of fused-ring (bicyclic) bond motifs is 1. The molecule has 7 heteroatoms. The fourth-order valence-corrected chi connectivity index (χ4v) is 3.61. The number of carbonyl (C=O) groups is 3. The fourth-order valence-electron chi connectivity index (χ4n) is 3.61. The van der Waals surface area contributed by atoms with Gasteiger partial charge < -0.3 is 19.9 Å². The first-order valence-electron chi connectivity index (χ1n) is 9.90. The van der Waals surface area contributed by atoms with Crippen LogP contribution in [0, 0.1) is 13.8 Å². The summed E-state index contributed by atoms with van der Waals surface area (Å²) in [6.45, 7) is 5.49. The molecular formula is C23H27N3O4. The van der Waals surface area contributed by atoms with Crippen molar-refractivity contribution in [2.75, 3.05) is 30.4 Å². The van der Waals surface area contributed by atoms with Crippen LogP contribution in [0.2, 0.25) is 0 Å². The predicted molar refractivity (Wildman–Crippen MR) is 116 cm³/mol. The Labute approximate surface area is 176 Å². The van der Waals surface area contributed by atoms with Crippen LogP contribution >= 0.6 is 0 Å². The number of anilines is 2. The van der Waals surface area contributed by atoms with Crippen LogP contribution in [0.15, 0.2) is 42.5 Å². The van der Waals surface area contributed by atoms with Gasteiger partial charge in [0.05, 0.1) is 17.9 Å². The zero-order valence-corrected chi connectivity index (χ0v) is 17.8. The molecule has 1 heterocycles. The van der Waals surface area contributed by atoms with E-state index in [-0.39, 0.29) is 43.3 Å². The van der Waals surface area contributed by atoms with Crippen LogP contribution in [0.1, 0.15) is 24.5 Å². The number of hydrogen-bond acceptors (Lipinski definition) is 4. The van der Waals surface area contributed by atoms with Gasteiger partial charge >= 0.3 is 0 Å². The molecule has 3 rings (SSSR count). The van der Waals surface area contributed by atoms with E-state index in [1.807, 2.05) is 45.0 Å².